The third kappa shape index (κ3) is 4.30. The number of furan rings is 1. The van der Waals surface area contributed by atoms with Crippen molar-refractivity contribution in [3.05, 3.63) is 94.6 Å². The number of benzene rings is 1. The van der Waals surface area contributed by atoms with Gasteiger partial charge in [0.15, 0.2) is 5.76 Å². The lowest BCUT2D eigenvalue weighted by atomic mass is 10.2. The molecule has 0 spiro atoms. The van der Waals surface area contributed by atoms with E-state index in [0.29, 0.717) is 6.54 Å². The second-order valence-electron chi connectivity index (χ2n) is 5.84. The Morgan fingerprint density at radius 2 is 2.00 bits per heavy atom. The molecular weight excluding hydrogens is 356 g/mol. The topological polar surface area (TPSA) is 55.7 Å². The average molecular weight is 374 g/mol. The van der Waals surface area contributed by atoms with Gasteiger partial charge in [-0.05, 0) is 30.2 Å². The average Bonchev–Trinajstić information content (AvgIpc) is 3.38. The fourth-order valence-corrected chi connectivity index (χ4v) is 3.46. The summed E-state index contributed by atoms with van der Waals surface area (Å²) in [6.45, 7) is 0.699. The Morgan fingerprint density at radius 3 is 2.78 bits per heavy atom. The Labute approximate surface area is 161 Å². The lowest BCUT2D eigenvalue weighted by Gasteiger charge is -2.01. The van der Waals surface area contributed by atoms with Crippen LogP contribution in [0.25, 0.3) is 11.5 Å². The Balaban J connectivity index is 1.64. The molecule has 0 saturated carbocycles. The number of pyridine rings is 1. The molecule has 0 aliphatic heterocycles. The molecule has 1 aromatic carbocycles. The molecule has 4 rings (SSSR count). The number of rotatable bonds is 6. The van der Waals surface area contributed by atoms with Gasteiger partial charge >= 0.3 is 0 Å². The van der Waals surface area contributed by atoms with E-state index in [1.807, 2.05) is 52.5 Å². The van der Waals surface area contributed by atoms with E-state index in [1.165, 1.54) is 5.56 Å². The van der Waals surface area contributed by atoms with Gasteiger partial charge in [-0.1, -0.05) is 36.4 Å². The van der Waals surface area contributed by atoms with Crippen molar-refractivity contribution in [1.29, 1.82) is 0 Å². The molecule has 5 nitrogen and oxygen atoms in total. The maximum absolute atomic E-state index is 5.56. The van der Waals surface area contributed by atoms with Gasteiger partial charge in [0.05, 0.1) is 12.5 Å². The SMILES string of the molecule is C(=Nn1c(-c2ccco2)csc1=NCCc1ccccc1)c1cccnc1. The van der Waals surface area contributed by atoms with Crippen molar-refractivity contribution in [1.82, 2.24) is 9.66 Å². The Morgan fingerprint density at radius 1 is 1.07 bits per heavy atom. The van der Waals surface area contributed by atoms with Gasteiger partial charge in [0.2, 0.25) is 4.80 Å². The van der Waals surface area contributed by atoms with Crippen molar-refractivity contribution < 1.29 is 4.42 Å². The van der Waals surface area contributed by atoms with Crippen LogP contribution in [0.1, 0.15) is 11.1 Å². The minimum absolute atomic E-state index is 0.699. The van der Waals surface area contributed by atoms with E-state index in [9.17, 15) is 0 Å². The summed E-state index contributed by atoms with van der Waals surface area (Å²) in [5.41, 5.74) is 3.08. The number of nitrogens with zero attached hydrogens (tertiary/aromatic N) is 4. The molecule has 0 aliphatic carbocycles. The molecule has 6 heteroatoms. The van der Waals surface area contributed by atoms with Gasteiger partial charge in [-0.25, -0.2) is 4.68 Å². The van der Waals surface area contributed by atoms with Gasteiger partial charge in [0.1, 0.15) is 5.69 Å². The number of hydrogen-bond donors (Lipinski definition) is 0. The first-order valence-corrected chi connectivity index (χ1v) is 9.51. The van der Waals surface area contributed by atoms with Crippen LogP contribution in [0.5, 0.6) is 0 Å². The standard InChI is InChI=1S/C21H18N4OS/c1-2-6-17(7-3-1)10-12-23-21-25(24-15-18-8-4-11-22-14-18)19(16-27-21)20-9-5-13-26-20/h1-9,11,13-16H,10,12H2. The first-order valence-electron chi connectivity index (χ1n) is 8.63. The van der Waals surface area contributed by atoms with Crippen LogP contribution in [0, 0.1) is 0 Å². The van der Waals surface area contributed by atoms with Crippen LogP contribution in [0.4, 0.5) is 0 Å². The minimum Gasteiger partial charge on any atom is -0.463 e. The highest BCUT2D eigenvalue weighted by Gasteiger charge is 2.09. The first kappa shape index (κ1) is 17.2. The van der Waals surface area contributed by atoms with Gasteiger partial charge in [0, 0.05) is 29.9 Å². The van der Waals surface area contributed by atoms with Gasteiger partial charge in [-0.2, -0.15) is 5.10 Å². The maximum atomic E-state index is 5.56. The second kappa shape index (κ2) is 8.42. The van der Waals surface area contributed by atoms with Crippen molar-refractivity contribution >= 4 is 17.6 Å². The number of thiazole rings is 1. The molecule has 0 bridgehead atoms. The zero-order valence-electron chi connectivity index (χ0n) is 14.6. The van der Waals surface area contributed by atoms with Crippen molar-refractivity contribution in [2.24, 2.45) is 10.1 Å². The fourth-order valence-electron chi connectivity index (χ4n) is 2.62. The molecule has 0 saturated heterocycles. The molecule has 3 aromatic heterocycles. The van der Waals surface area contributed by atoms with Crippen molar-refractivity contribution in [3.8, 4) is 11.5 Å². The molecule has 0 fully saturated rings. The van der Waals surface area contributed by atoms with E-state index < -0.39 is 0 Å². The quantitative estimate of drug-likeness (QED) is 0.474. The molecule has 0 atom stereocenters. The molecule has 0 N–H and O–H groups in total. The summed E-state index contributed by atoms with van der Waals surface area (Å²) in [5.74, 6) is 0.763. The van der Waals surface area contributed by atoms with Gasteiger partial charge in [-0.15, -0.1) is 11.3 Å². The summed E-state index contributed by atoms with van der Waals surface area (Å²) in [6, 6.07) is 18.0. The number of hydrogen-bond acceptors (Lipinski definition) is 5. The Hall–Kier alpha value is -3.25. The monoisotopic (exact) mass is 374 g/mol. The van der Waals surface area contributed by atoms with Crippen molar-refractivity contribution in [3.63, 3.8) is 0 Å². The minimum atomic E-state index is 0.699. The summed E-state index contributed by atoms with van der Waals surface area (Å²) in [5, 5.41) is 6.64. The van der Waals surface area contributed by atoms with Crippen molar-refractivity contribution in [2.45, 2.75) is 6.42 Å². The van der Waals surface area contributed by atoms with E-state index >= 15 is 0 Å². The molecule has 3 heterocycles. The third-order valence-corrected chi connectivity index (χ3v) is 4.81. The molecule has 4 aromatic rings. The Bertz CT molecular complexity index is 1060. The smallest absolute Gasteiger partial charge is 0.206 e. The summed E-state index contributed by atoms with van der Waals surface area (Å²) >= 11 is 1.55. The summed E-state index contributed by atoms with van der Waals surface area (Å²) in [4.78, 5) is 9.71. The Kier molecular flexibility index (Phi) is 5.36. The van der Waals surface area contributed by atoms with E-state index in [0.717, 1.165) is 28.2 Å². The van der Waals surface area contributed by atoms with Crippen LogP contribution in [0.3, 0.4) is 0 Å². The zero-order chi connectivity index (χ0) is 18.3. The van der Waals surface area contributed by atoms with E-state index in [-0.39, 0.29) is 0 Å². The third-order valence-electron chi connectivity index (χ3n) is 3.96. The highest BCUT2D eigenvalue weighted by atomic mass is 32.1. The molecule has 0 aliphatic rings. The molecule has 134 valence electrons. The molecule has 0 radical (unpaired) electrons. The lowest BCUT2D eigenvalue weighted by Crippen LogP contribution is -2.13. The summed E-state index contributed by atoms with van der Waals surface area (Å²) in [6.07, 6.45) is 7.85. The predicted octanol–water partition coefficient (Wildman–Crippen LogP) is 4.23. The zero-order valence-corrected chi connectivity index (χ0v) is 15.4. The highest BCUT2D eigenvalue weighted by Crippen LogP contribution is 2.20. The lowest BCUT2D eigenvalue weighted by molar-refractivity contribution is 0.575. The van der Waals surface area contributed by atoms with Crippen LogP contribution in [-0.2, 0) is 6.42 Å². The normalized spacial score (nSPS) is 12.1. The van der Waals surface area contributed by atoms with E-state index in [2.05, 4.69) is 22.2 Å². The van der Waals surface area contributed by atoms with Gasteiger partial charge in [-0.3, -0.25) is 9.98 Å². The van der Waals surface area contributed by atoms with Crippen LogP contribution < -0.4 is 4.80 Å². The molecule has 27 heavy (non-hydrogen) atoms. The molecule has 0 amide bonds. The fraction of sp³-hybridized carbons (Fsp3) is 0.0952. The van der Waals surface area contributed by atoms with E-state index in [4.69, 9.17) is 9.41 Å². The second-order valence-corrected chi connectivity index (χ2v) is 6.68. The number of aromatic nitrogens is 2. The largest absolute Gasteiger partial charge is 0.463 e. The van der Waals surface area contributed by atoms with Crippen LogP contribution >= 0.6 is 11.3 Å². The summed E-state index contributed by atoms with van der Waals surface area (Å²) in [7, 11) is 0. The van der Waals surface area contributed by atoms with Gasteiger partial charge in [0.25, 0.3) is 0 Å². The predicted molar refractivity (Wildman–Crippen MR) is 108 cm³/mol. The van der Waals surface area contributed by atoms with E-state index in [1.54, 1.807) is 36.2 Å². The maximum Gasteiger partial charge on any atom is 0.206 e. The van der Waals surface area contributed by atoms with Crippen molar-refractivity contribution in [2.75, 3.05) is 6.54 Å². The molecule has 0 unspecified atom stereocenters. The first-order chi connectivity index (χ1) is 13.4. The van der Waals surface area contributed by atoms with Crippen LogP contribution in [0.2, 0.25) is 0 Å². The van der Waals surface area contributed by atoms with Gasteiger partial charge < -0.3 is 4.42 Å². The highest BCUT2D eigenvalue weighted by molar-refractivity contribution is 7.07. The summed E-state index contributed by atoms with van der Waals surface area (Å²) < 4.78 is 7.38. The van der Waals surface area contributed by atoms with Crippen LogP contribution in [-0.4, -0.2) is 22.4 Å². The van der Waals surface area contributed by atoms with Crippen LogP contribution in [0.15, 0.2) is 93.1 Å². The molecular formula is C21H18N4OS.